The molecule has 0 unspecified atom stereocenters. The number of benzene rings is 1. The van der Waals surface area contributed by atoms with Crippen LogP contribution in [0.3, 0.4) is 0 Å². The minimum atomic E-state index is -1.13. The molecule has 0 aliphatic carbocycles. The molecule has 0 aliphatic rings. The summed E-state index contributed by atoms with van der Waals surface area (Å²) in [7, 11) is 5.47. The monoisotopic (exact) mass is 204 g/mol. The molecule has 1 nitrogen and oxygen atoms in total. The van der Waals surface area contributed by atoms with Crippen molar-refractivity contribution < 1.29 is 17.7 Å². The van der Waals surface area contributed by atoms with Crippen molar-refractivity contribution in [1.29, 1.82) is 0 Å². The Morgan fingerprint density at radius 3 is 2.14 bits per heavy atom. The van der Waals surface area contributed by atoms with Gasteiger partial charge in [0.1, 0.15) is 12.4 Å². The number of quaternary nitrogens is 1. The largest absolute Gasteiger partial charge is 0.327 e. The van der Waals surface area contributed by atoms with Gasteiger partial charge < -0.3 is 4.48 Å². The number of nitrogens with zero attached hydrogens (tertiary/aromatic N) is 1. The van der Waals surface area contributed by atoms with Crippen molar-refractivity contribution >= 4 is 0 Å². The molecule has 0 amide bonds. The molecule has 1 aromatic rings. The van der Waals surface area contributed by atoms with Crippen LogP contribution in [0.5, 0.6) is 0 Å². The molecule has 0 saturated heterocycles. The Hall–Kier alpha value is -1.03. The fraction of sp³-hybridized carbons (Fsp3) is 0.400. The highest BCUT2D eigenvalue weighted by atomic mass is 19.2. The summed E-state index contributed by atoms with van der Waals surface area (Å²) in [6, 6.07) is 1.58. The zero-order chi connectivity index (χ0) is 10.9. The molecule has 0 spiro atoms. The van der Waals surface area contributed by atoms with E-state index in [1.54, 1.807) is 0 Å². The third-order valence-corrected chi connectivity index (χ3v) is 1.71. The van der Waals surface area contributed by atoms with E-state index in [0.29, 0.717) is 10.5 Å². The molecule has 1 aromatic carbocycles. The third kappa shape index (κ3) is 2.73. The Morgan fingerprint density at radius 2 is 1.64 bits per heavy atom. The molecule has 14 heavy (non-hydrogen) atoms. The average Bonchev–Trinajstić information content (AvgIpc) is 1.96. The topological polar surface area (TPSA) is 0 Å². The van der Waals surface area contributed by atoms with Crippen LogP contribution in [0.25, 0.3) is 0 Å². The lowest BCUT2D eigenvalue weighted by molar-refractivity contribution is -0.884. The van der Waals surface area contributed by atoms with Gasteiger partial charge in [-0.3, -0.25) is 0 Å². The van der Waals surface area contributed by atoms with Crippen molar-refractivity contribution in [1.82, 2.24) is 0 Å². The summed E-state index contributed by atoms with van der Waals surface area (Å²) in [5, 5.41) is 0. The van der Waals surface area contributed by atoms with Crippen molar-refractivity contribution in [2.45, 2.75) is 6.54 Å². The molecule has 1 rings (SSSR count). The molecule has 0 bridgehead atoms. The normalized spacial score (nSPS) is 11.9. The van der Waals surface area contributed by atoms with Crippen LogP contribution in [0.2, 0.25) is 0 Å². The van der Waals surface area contributed by atoms with Gasteiger partial charge in [-0.25, -0.2) is 13.2 Å². The average molecular weight is 204 g/mol. The quantitative estimate of drug-likeness (QED) is 0.512. The summed E-state index contributed by atoms with van der Waals surface area (Å²) in [6.45, 7) is 0.251. The first-order valence-electron chi connectivity index (χ1n) is 4.23. The first-order chi connectivity index (χ1) is 6.29. The van der Waals surface area contributed by atoms with E-state index in [1.165, 1.54) is 0 Å². The van der Waals surface area contributed by atoms with Crippen LogP contribution in [0.1, 0.15) is 5.56 Å². The maximum Gasteiger partial charge on any atom is 0.167 e. The Bertz CT molecular complexity index is 342. The summed E-state index contributed by atoms with van der Waals surface area (Å²) in [5.41, 5.74) is 0.0648. The first-order valence-corrected chi connectivity index (χ1v) is 4.23. The van der Waals surface area contributed by atoms with Gasteiger partial charge in [-0.05, 0) is 6.07 Å². The molecular formula is C10H13F3N+. The number of rotatable bonds is 2. The molecule has 4 heteroatoms. The van der Waals surface area contributed by atoms with Gasteiger partial charge in [-0.2, -0.15) is 0 Å². The molecule has 0 aromatic heterocycles. The molecular weight excluding hydrogens is 191 g/mol. The van der Waals surface area contributed by atoms with Crippen molar-refractivity contribution in [2.24, 2.45) is 0 Å². The zero-order valence-electron chi connectivity index (χ0n) is 8.44. The first kappa shape index (κ1) is 11.0. The standard InChI is InChI=1S/C10H13F3N/c1-14(2,3)6-7-4-8(11)5-9(12)10(7)13/h4-5H,6H2,1-3H3/q+1. The van der Waals surface area contributed by atoms with E-state index in [9.17, 15) is 13.2 Å². The van der Waals surface area contributed by atoms with Gasteiger partial charge in [0.15, 0.2) is 11.6 Å². The van der Waals surface area contributed by atoms with Gasteiger partial charge in [0.2, 0.25) is 0 Å². The van der Waals surface area contributed by atoms with Crippen molar-refractivity contribution in [3.05, 3.63) is 35.1 Å². The third-order valence-electron chi connectivity index (χ3n) is 1.71. The predicted molar refractivity (Wildman–Crippen MR) is 48.1 cm³/mol. The van der Waals surface area contributed by atoms with E-state index in [4.69, 9.17) is 0 Å². The molecule has 0 radical (unpaired) electrons. The highest BCUT2D eigenvalue weighted by Crippen LogP contribution is 2.16. The molecule has 0 N–H and O–H groups in total. The Labute approximate surface area is 81.4 Å². The van der Waals surface area contributed by atoms with Gasteiger partial charge in [0, 0.05) is 11.6 Å². The molecule has 0 aliphatic heterocycles. The van der Waals surface area contributed by atoms with Crippen LogP contribution in [0, 0.1) is 17.5 Å². The maximum atomic E-state index is 13.2. The van der Waals surface area contributed by atoms with Crippen molar-refractivity contribution in [2.75, 3.05) is 21.1 Å². The fourth-order valence-corrected chi connectivity index (χ4v) is 1.24. The Kier molecular flexibility index (Phi) is 2.85. The SMILES string of the molecule is C[N+](C)(C)Cc1cc(F)cc(F)c1F. The zero-order valence-corrected chi connectivity index (χ0v) is 8.44. The van der Waals surface area contributed by atoms with Gasteiger partial charge in [-0.1, -0.05) is 0 Å². The number of hydrogen-bond donors (Lipinski definition) is 0. The molecule has 78 valence electrons. The molecule has 0 fully saturated rings. The van der Waals surface area contributed by atoms with E-state index in [1.807, 2.05) is 21.1 Å². The highest BCUT2D eigenvalue weighted by molar-refractivity contribution is 5.19. The number of hydrogen-bond acceptors (Lipinski definition) is 0. The smallest absolute Gasteiger partial charge is 0.167 e. The van der Waals surface area contributed by atoms with E-state index >= 15 is 0 Å². The summed E-state index contributed by atoms with van der Waals surface area (Å²) in [5.74, 6) is -2.83. The lowest BCUT2D eigenvalue weighted by Gasteiger charge is -2.24. The van der Waals surface area contributed by atoms with Gasteiger partial charge in [0.25, 0.3) is 0 Å². The summed E-state index contributed by atoms with van der Waals surface area (Å²) in [4.78, 5) is 0. The summed E-state index contributed by atoms with van der Waals surface area (Å²) < 4.78 is 39.1. The minimum absolute atomic E-state index is 0.0648. The van der Waals surface area contributed by atoms with Crippen molar-refractivity contribution in [3.63, 3.8) is 0 Å². The van der Waals surface area contributed by atoms with Gasteiger partial charge in [0.05, 0.1) is 21.1 Å². The molecule has 0 heterocycles. The van der Waals surface area contributed by atoms with Crippen LogP contribution in [-0.2, 0) is 6.54 Å². The minimum Gasteiger partial charge on any atom is -0.327 e. The second-order valence-electron chi connectivity index (χ2n) is 4.31. The number of halogens is 3. The van der Waals surface area contributed by atoms with Crippen LogP contribution in [0.4, 0.5) is 13.2 Å². The molecule has 0 saturated carbocycles. The fourth-order valence-electron chi connectivity index (χ4n) is 1.24. The van der Waals surface area contributed by atoms with E-state index in [0.717, 1.165) is 6.07 Å². The predicted octanol–water partition coefficient (Wildman–Crippen LogP) is 2.31. The summed E-state index contributed by atoms with van der Waals surface area (Å²) >= 11 is 0. The van der Waals surface area contributed by atoms with Crippen LogP contribution < -0.4 is 0 Å². The van der Waals surface area contributed by atoms with Crippen molar-refractivity contribution in [3.8, 4) is 0 Å². The van der Waals surface area contributed by atoms with Crippen LogP contribution in [-0.4, -0.2) is 25.6 Å². The highest BCUT2D eigenvalue weighted by Gasteiger charge is 2.17. The van der Waals surface area contributed by atoms with E-state index in [2.05, 4.69) is 0 Å². The second kappa shape index (κ2) is 3.61. The lowest BCUT2D eigenvalue weighted by Crippen LogP contribution is -2.33. The van der Waals surface area contributed by atoms with Gasteiger partial charge >= 0.3 is 0 Å². The second-order valence-corrected chi connectivity index (χ2v) is 4.31. The van der Waals surface area contributed by atoms with E-state index in [-0.39, 0.29) is 12.1 Å². The Morgan fingerprint density at radius 1 is 1.07 bits per heavy atom. The Balaban J connectivity index is 3.09. The van der Waals surface area contributed by atoms with Crippen LogP contribution in [0.15, 0.2) is 12.1 Å². The summed E-state index contributed by atoms with van der Waals surface area (Å²) in [6.07, 6.45) is 0. The van der Waals surface area contributed by atoms with Gasteiger partial charge in [-0.15, -0.1) is 0 Å². The van der Waals surface area contributed by atoms with E-state index < -0.39 is 17.5 Å². The lowest BCUT2D eigenvalue weighted by atomic mass is 10.2. The van der Waals surface area contributed by atoms with Crippen LogP contribution >= 0.6 is 0 Å². The molecule has 0 atom stereocenters. The maximum absolute atomic E-state index is 13.2.